The fourth-order valence-corrected chi connectivity index (χ4v) is 5.28. The molecule has 3 N–H and O–H groups in total. The molecular weight excluding hydrogens is 422 g/mol. The van der Waals surface area contributed by atoms with Crippen LogP contribution < -0.4 is 16.4 Å². The highest BCUT2D eigenvalue weighted by molar-refractivity contribution is 7.98. The number of amides is 2. The molecule has 0 aliphatic heterocycles. The first-order valence-electron chi connectivity index (χ1n) is 9.88. The number of aromatic amines is 1. The van der Waals surface area contributed by atoms with E-state index in [0.717, 1.165) is 30.6 Å². The second kappa shape index (κ2) is 9.09. The van der Waals surface area contributed by atoms with Crippen molar-refractivity contribution in [2.24, 2.45) is 0 Å². The Labute approximate surface area is 181 Å². The summed E-state index contributed by atoms with van der Waals surface area (Å²) >= 11 is 3.26. The molecule has 9 heteroatoms. The molecule has 1 aliphatic rings. The molecule has 0 saturated carbocycles. The SMILES string of the molecule is CSCCC(NC(=O)c1csc2c1CCCC2)C(=O)Nc1ccc2oc(=O)[nH]c2c1. The van der Waals surface area contributed by atoms with Crippen LogP contribution in [-0.2, 0) is 17.6 Å². The van der Waals surface area contributed by atoms with Crippen molar-refractivity contribution < 1.29 is 14.0 Å². The standard InChI is InChI=1S/C21H23N3O4S2/c1-29-9-8-15(23-19(25)14-11-30-18-5-3-2-4-13(14)18)20(26)22-12-6-7-17-16(10-12)24-21(27)28-17/h6-7,10-11,15H,2-5,8-9H2,1H3,(H,22,26)(H,23,25)(H,24,27). The minimum Gasteiger partial charge on any atom is -0.408 e. The highest BCUT2D eigenvalue weighted by atomic mass is 32.2. The van der Waals surface area contributed by atoms with E-state index in [1.165, 1.54) is 11.3 Å². The highest BCUT2D eigenvalue weighted by Gasteiger charge is 2.25. The lowest BCUT2D eigenvalue weighted by Crippen LogP contribution is -2.44. The number of nitrogens with one attached hydrogen (secondary N) is 3. The van der Waals surface area contributed by atoms with Gasteiger partial charge in [-0.25, -0.2) is 4.79 Å². The maximum absolute atomic E-state index is 12.9. The van der Waals surface area contributed by atoms with Crippen LogP contribution in [-0.4, -0.2) is 34.8 Å². The number of rotatable bonds is 7. The van der Waals surface area contributed by atoms with Crippen molar-refractivity contribution in [1.82, 2.24) is 10.3 Å². The number of anilines is 1. The molecule has 0 bridgehead atoms. The third kappa shape index (κ3) is 4.46. The Morgan fingerprint density at radius 2 is 2.13 bits per heavy atom. The number of H-pyrrole nitrogens is 1. The molecule has 2 amide bonds. The Bertz CT molecular complexity index is 1130. The van der Waals surface area contributed by atoms with Gasteiger partial charge in [0.15, 0.2) is 5.58 Å². The summed E-state index contributed by atoms with van der Waals surface area (Å²) in [4.78, 5) is 41.1. The molecule has 0 radical (unpaired) electrons. The fraction of sp³-hybridized carbons (Fsp3) is 0.381. The van der Waals surface area contributed by atoms with E-state index >= 15 is 0 Å². The van der Waals surface area contributed by atoms with Gasteiger partial charge in [0.1, 0.15) is 6.04 Å². The van der Waals surface area contributed by atoms with Crippen molar-refractivity contribution in [2.45, 2.75) is 38.1 Å². The number of hydrogen-bond acceptors (Lipinski definition) is 6. The smallest absolute Gasteiger partial charge is 0.408 e. The Kier molecular flexibility index (Phi) is 6.29. The number of fused-ring (bicyclic) bond motifs is 2. The molecule has 0 spiro atoms. The van der Waals surface area contributed by atoms with E-state index in [0.29, 0.717) is 28.8 Å². The Morgan fingerprint density at radius 1 is 1.30 bits per heavy atom. The summed E-state index contributed by atoms with van der Waals surface area (Å²) in [5.41, 5.74) is 3.30. The van der Waals surface area contributed by atoms with Crippen LogP contribution in [0.15, 0.2) is 32.8 Å². The van der Waals surface area contributed by atoms with Crippen LogP contribution in [0.1, 0.15) is 40.1 Å². The topological polar surface area (TPSA) is 104 Å². The average Bonchev–Trinajstić information content (AvgIpc) is 3.33. The van der Waals surface area contributed by atoms with Gasteiger partial charge in [-0.3, -0.25) is 14.6 Å². The van der Waals surface area contributed by atoms with E-state index in [1.54, 1.807) is 41.3 Å². The Balaban J connectivity index is 1.49. The largest absolute Gasteiger partial charge is 0.417 e. The lowest BCUT2D eigenvalue weighted by atomic mass is 9.95. The van der Waals surface area contributed by atoms with Crippen molar-refractivity contribution in [1.29, 1.82) is 0 Å². The highest BCUT2D eigenvalue weighted by Crippen LogP contribution is 2.30. The van der Waals surface area contributed by atoms with E-state index in [-0.39, 0.29) is 11.8 Å². The molecule has 1 unspecified atom stereocenters. The molecule has 0 fully saturated rings. The van der Waals surface area contributed by atoms with Crippen LogP contribution in [0.3, 0.4) is 0 Å². The number of carbonyl (C=O) groups excluding carboxylic acids is 2. The average molecular weight is 446 g/mol. The predicted octanol–water partition coefficient (Wildman–Crippen LogP) is 3.55. The van der Waals surface area contributed by atoms with E-state index in [9.17, 15) is 14.4 Å². The molecule has 1 aliphatic carbocycles. The van der Waals surface area contributed by atoms with Gasteiger partial charge in [0.05, 0.1) is 11.1 Å². The summed E-state index contributed by atoms with van der Waals surface area (Å²) in [6.07, 6.45) is 6.71. The summed E-state index contributed by atoms with van der Waals surface area (Å²) in [5.74, 6) is -0.275. The van der Waals surface area contributed by atoms with Crippen molar-refractivity contribution in [3.05, 3.63) is 50.1 Å². The molecular formula is C21H23N3O4S2. The monoisotopic (exact) mass is 445 g/mol. The number of carbonyl (C=O) groups is 2. The number of hydrogen-bond donors (Lipinski definition) is 3. The number of aryl methyl sites for hydroxylation is 1. The molecule has 30 heavy (non-hydrogen) atoms. The number of aromatic nitrogens is 1. The number of benzene rings is 1. The molecule has 2 aromatic heterocycles. The van der Waals surface area contributed by atoms with Crippen LogP contribution in [0.25, 0.3) is 11.1 Å². The second-order valence-electron chi connectivity index (χ2n) is 7.28. The number of thioether (sulfide) groups is 1. The summed E-state index contributed by atoms with van der Waals surface area (Å²) in [7, 11) is 0. The first kappa shape index (κ1) is 20.7. The predicted molar refractivity (Wildman–Crippen MR) is 121 cm³/mol. The third-order valence-corrected chi connectivity index (χ3v) is 6.96. The first-order chi connectivity index (χ1) is 14.5. The Morgan fingerprint density at radius 3 is 2.97 bits per heavy atom. The maximum Gasteiger partial charge on any atom is 0.417 e. The quantitative estimate of drug-likeness (QED) is 0.516. The normalized spacial score (nSPS) is 14.3. The van der Waals surface area contributed by atoms with Crippen LogP contribution in [0.4, 0.5) is 5.69 Å². The van der Waals surface area contributed by atoms with Crippen molar-refractivity contribution in [3.8, 4) is 0 Å². The second-order valence-corrected chi connectivity index (χ2v) is 9.23. The molecule has 1 atom stereocenters. The molecule has 4 rings (SSSR count). The summed E-state index contributed by atoms with van der Waals surface area (Å²) in [5, 5.41) is 7.69. The van der Waals surface area contributed by atoms with Gasteiger partial charge in [0.25, 0.3) is 5.91 Å². The Hall–Kier alpha value is -2.52. The van der Waals surface area contributed by atoms with Crippen molar-refractivity contribution in [3.63, 3.8) is 0 Å². The van der Waals surface area contributed by atoms with Gasteiger partial charge in [-0.1, -0.05) is 0 Å². The fourth-order valence-electron chi connectivity index (χ4n) is 3.68. The summed E-state index contributed by atoms with van der Waals surface area (Å²) in [6.45, 7) is 0. The molecule has 2 heterocycles. The van der Waals surface area contributed by atoms with Crippen molar-refractivity contribution >= 4 is 51.7 Å². The van der Waals surface area contributed by atoms with Crippen LogP contribution in [0, 0.1) is 0 Å². The maximum atomic E-state index is 12.9. The number of oxazole rings is 1. The molecule has 3 aromatic rings. The van der Waals surface area contributed by atoms with Crippen LogP contribution in [0.5, 0.6) is 0 Å². The van der Waals surface area contributed by atoms with E-state index < -0.39 is 11.8 Å². The van der Waals surface area contributed by atoms with E-state index in [4.69, 9.17) is 4.42 Å². The molecule has 7 nitrogen and oxygen atoms in total. The first-order valence-corrected chi connectivity index (χ1v) is 12.2. The molecule has 158 valence electrons. The van der Waals surface area contributed by atoms with Gasteiger partial charge in [-0.2, -0.15) is 11.8 Å². The number of thiophene rings is 1. The van der Waals surface area contributed by atoms with Crippen LogP contribution in [0.2, 0.25) is 0 Å². The molecule has 0 saturated heterocycles. The van der Waals surface area contributed by atoms with Gasteiger partial charge in [-0.05, 0) is 67.9 Å². The van der Waals surface area contributed by atoms with E-state index in [2.05, 4.69) is 15.6 Å². The van der Waals surface area contributed by atoms with Crippen LogP contribution >= 0.6 is 23.1 Å². The van der Waals surface area contributed by atoms with Gasteiger partial charge in [0, 0.05) is 15.9 Å². The van der Waals surface area contributed by atoms with Gasteiger partial charge in [0.2, 0.25) is 5.91 Å². The lowest BCUT2D eigenvalue weighted by molar-refractivity contribution is -0.118. The zero-order valence-corrected chi connectivity index (χ0v) is 18.2. The van der Waals surface area contributed by atoms with Gasteiger partial charge < -0.3 is 15.1 Å². The third-order valence-electron chi connectivity index (χ3n) is 5.22. The van der Waals surface area contributed by atoms with Gasteiger partial charge >= 0.3 is 5.76 Å². The zero-order chi connectivity index (χ0) is 21.1. The van der Waals surface area contributed by atoms with Gasteiger partial charge in [-0.15, -0.1) is 11.3 Å². The van der Waals surface area contributed by atoms with Crippen molar-refractivity contribution in [2.75, 3.05) is 17.3 Å². The minimum absolute atomic E-state index is 0.190. The summed E-state index contributed by atoms with van der Waals surface area (Å²) in [6, 6.07) is 4.28. The summed E-state index contributed by atoms with van der Waals surface area (Å²) < 4.78 is 4.99. The lowest BCUT2D eigenvalue weighted by Gasteiger charge is -2.19. The zero-order valence-electron chi connectivity index (χ0n) is 16.6. The van der Waals surface area contributed by atoms with E-state index in [1.807, 2.05) is 11.6 Å². The molecule has 1 aromatic carbocycles. The minimum atomic E-state index is -0.650.